The average molecular weight is 227 g/mol. The Morgan fingerprint density at radius 3 is 2.41 bits per heavy atom. The summed E-state index contributed by atoms with van der Waals surface area (Å²) >= 11 is 0. The summed E-state index contributed by atoms with van der Waals surface area (Å²) in [4.78, 5) is 1.52. The molecule has 4 nitrogen and oxygen atoms in total. The van der Waals surface area contributed by atoms with E-state index in [9.17, 15) is 5.11 Å². The summed E-state index contributed by atoms with van der Waals surface area (Å²) in [6.45, 7) is 2.05. The first-order valence-electron chi connectivity index (χ1n) is 5.66. The fourth-order valence-corrected chi connectivity index (χ4v) is 1.97. The topological polar surface area (TPSA) is 50.9 Å². The Hall–Kier alpha value is -2.10. The lowest BCUT2D eigenvalue weighted by Gasteiger charge is -2.12. The number of aromatic nitrogens is 3. The summed E-state index contributed by atoms with van der Waals surface area (Å²) in [7, 11) is 0. The minimum absolute atomic E-state index is 0.357. The van der Waals surface area contributed by atoms with Crippen LogP contribution < -0.4 is 0 Å². The quantitative estimate of drug-likeness (QED) is 0.815. The van der Waals surface area contributed by atoms with E-state index in [1.54, 1.807) is 0 Å². The third-order valence-corrected chi connectivity index (χ3v) is 2.94. The predicted octanol–water partition coefficient (Wildman–Crippen LogP) is 2.90. The molecule has 0 saturated heterocycles. The highest BCUT2D eigenvalue weighted by Gasteiger charge is 2.14. The maximum absolute atomic E-state index is 9.90. The van der Waals surface area contributed by atoms with Gasteiger partial charge in [-0.3, -0.25) is 0 Å². The van der Waals surface area contributed by atoms with Gasteiger partial charge in [0.25, 0.3) is 0 Å². The summed E-state index contributed by atoms with van der Waals surface area (Å²) in [6, 6.07) is 7.68. The van der Waals surface area contributed by atoms with E-state index in [1.165, 1.54) is 10.4 Å². The van der Waals surface area contributed by atoms with Crippen molar-refractivity contribution in [3.8, 4) is 0 Å². The molecule has 4 heteroatoms. The van der Waals surface area contributed by atoms with Crippen LogP contribution in [0.15, 0.2) is 41.7 Å². The molecule has 0 atom stereocenters. The maximum Gasteiger partial charge on any atom is 0.123 e. The number of hydrogen-bond acceptors (Lipinski definition) is 3. The molecule has 86 valence electrons. The van der Waals surface area contributed by atoms with Gasteiger partial charge in [-0.25, -0.2) is 0 Å². The minimum Gasteiger partial charge on any atom is -0.510 e. The standard InChI is InChI=1S/C13H13N3O/c1-9-6-7-13(17)12(8-9)16-14-10-4-2-3-5-11(10)15-16/h2-5,8,17H,6-7H2,1H3. The van der Waals surface area contributed by atoms with Gasteiger partial charge in [0.2, 0.25) is 0 Å². The molecular weight excluding hydrogens is 214 g/mol. The third kappa shape index (κ3) is 1.71. The maximum atomic E-state index is 9.90. The lowest BCUT2D eigenvalue weighted by molar-refractivity contribution is 0.383. The Balaban J connectivity index is 2.15. The van der Waals surface area contributed by atoms with Crippen molar-refractivity contribution in [3.63, 3.8) is 0 Å². The molecule has 1 heterocycles. The molecule has 0 aliphatic heterocycles. The zero-order valence-electron chi connectivity index (χ0n) is 9.59. The van der Waals surface area contributed by atoms with Crippen LogP contribution >= 0.6 is 0 Å². The van der Waals surface area contributed by atoms with E-state index >= 15 is 0 Å². The first-order valence-corrected chi connectivity index (χ1v) is 5.66. The Labute approximate surface area is 98.9 Å². The van der Waals surface area contributed by atoms with Gasteiger partial charge >= 0.3 is 0 Å². The van der Waals surface area contributed by atoms with E-state index in [4.69, 9.17) is 0 Å². The van der Waals surface area contributed by atoms with Crippen molar-refractivity contribution in [2.45, 2.75) is 19.8 Å². The van der Waals surface area contributed by atoms with Crippen LogP contribution in [0.3, 0.4) is 0 Å². The van der Waals surface area contributed by atoms with Crippen molar-refractivity contribution in [2.75, 3.05) is 0 Å². The molecule has 1 aliphatic carbocycles. The van der Waals surface area contributed by atoms with Gasteiger partial charge in [0, 0.05) is 6.42 Å². The summed E-state index contributed by atoms with van der Waals surface area (Å²) in [5.41, 5.74) is 3.60. The zero-order valence-corrected chi connectivity index (χ0v) is 9.59. The van der Waals surface area contributed by atoms with Gasteiger partial charge in [0.1, 0.15) is 22.5 Å². The third-order valence-electron chi connectivity index (χ3n) is 2.94. The number of aliphatic hydroxyl groups excluding tert-OH is 1. The first-order chi connectivity index (χ1) is 8.24. The van der Waals surface area contributed by atoms with Crippen LogP contribution in [-0.2, 0) is 0 Å². The van der Waals surface area contributed by atoms with Crippen LogP contribution in [0.4, 0.5) is 0 Å². The highest BCUT2D eigenvalue weighted by molar-refractivity contribution is 5.75. The van der Waals surface area contributed by atoms with Crippen molar-refractivity contribution in [3.05, 3.63) is 41.7 Å². The molecule has 0 amide bonds. The SMILES string of the molecule is CC1=CC(n2nc3ccccc3n2)=C(O)CC1. The van der Waals surface area contributed by atoms with Crippen LogP contribution in [0.5, 0.6) is 0 Å². The van der Waals surface area contributed by atoms with Crippen molar-refractivity contribution in [1.29, 1.82) is 0 Å². The highest BCUT2D eigenvalue weighted by atomic mass is 16.3. The second-order valence-electron chi connectivity index (χ2n) is 4.30. The second-order valence-corrected chi connectivity index (χ2v) is 4.30. The molecular formula is C13H13N3O. The molecule has 3 rings (SSSR count). The summed E-state index contributed by atoms with van der Waals surface area (Å²) in [5, 5.41) is 18.6. The monoisotopic (exact) mass is 227 g/mol. The first kappa shape index (κ1) is 10.1. The summed E-state index contributed by atoms with van der Waals surface area (Å²) in [5.74, 6) is 0.357. The van der Waals surface area contributed by atoms with Crippen LogP contribution in [0.1, 0.15) is 19.8 Å². The smallest absolute Gasteiger partial charge is 0.123 e. The predicted molar refractivity (Wildman–Crippen MR) is 66.4 cm³/mol. The van der Waals surface area contributed by atoms with Crippen LogP contribution in [-0.4, -0.2) is 20.1 Å². The summed E-state index contributed by atoms with van der Waals surface area (Å²) < 4.78 is 0. The molecule has 1 aromatic carbocycles. The van der Waals surface area contributed by atoms with Gasteiger partial charge in [-0.15, -0.1) is 15.0 Å². The largest absolute Gasteiger partial charge is 0.510 e. The summed E-state index contributed by atoms with van der Waals surface area (Å²) in [6.07, 6.45) is 3.50. The van der Waals surface area contributed by atoms with E-state index in [1.807, 2.05) is 30.3 Å². The van der Waals surface area contributed by atoms with Crippen LogP contribution in [0, 0.1) is 0 Å². The molecule has 0 saturated carbocycles. The van der Waals surface area contributed by atoms with Crippen LogP contribution in [0.25, 0.3) is 16.7 Å². The van der Waals surface area contributed by atoms with Crippen LogP contribution in [0.2, 0.25) is 0 Å². The lowest BCUT2D eigenvalue weighted by Crippen LogP contribution is -2.07. The fourth-order valence-electron chi connectivity index (χ4n) is 1.97. The molecule has 1 aliphatic rings. The molecule has 1 aromatic heterocycles. The molecule has 0 fully saturated rings. The molecule has 1 N–H and O–H groups in total. The van der Waals surface area contributed by atoms with Gasteiger partial charge in [0.05, 0.1) is 0 Å². The highest BCUT2D eigenvalue weighted by Crippen LogP contribution is 2.24. The molecule has 0 spiro atoms. The van der Waals surface area contributed by atoms with E-state index in [-0.39, 0.29) is 0 Å². The fraction of sp³-hybridized carbons (Fsp3) is 0.231. The molecule has 2 aromatic rings. The minimum atomic E-state index is 0.357. The number of fused-ring (bicyclic) bond motifs is 1. The van der Waals surface area contributed by atoms with E-state index < -0.39 is 0 Å². The number of allylic oxidation sites excluding steroid dienone is 4. The van der Waals surface area contributed by atoms with Gasteiger partial charge < -0.3 is 5.11 Å². The van der Waals surface area contributed by atoms with Gasteiger partial charge in [-0.1, -0.05) is 17.7 Å². The van der Waals surface area contributed by atoms with Gasteiger partial charge in [0.15, 0.2) is 0 Å². The normalized spacial score (nSPS) is 16.4. The molecule has 17 heavy (non-hydrogen) atoms. The van der Waals surface area contributed by atoms with Gasteiger partial charge in [-0.2, -0.15) is 0 Å². The Morgan fingerprint density at radius 2 is 1.76 bits per heavy atom. The molecule has 0 bridgehead atoms. The Kier molecular flexibility index (Phi) is 2.21. The number of hydrogen-bond donors (Lipinski definition) is 1. The average Bonchev–Trinajstić information content (AvgIpc) is 2.75. The Bertz CT molecular complexity index is 604. The Morgan fingerprint density at radius 1 is 1.12 bits per heavy atom. The van der Waals surface area contributed by atoms with E-state index in [2.05, 4.69) is 17.1 Å². The van der Waals surface area contributed by atoms with E-state index in [0.717, 1.165) is 17.5 Å². The van der Waals surface area contributed by atoms with Crippen molar-refractivity contribution >= 4 is 16.7 Å². The number of nitrogens with zero attached hydrogens (tertiary/aromatic N) is 3. The zero-order chi connectivity index (χ0) is 11.8. The van der Waals surface area contributed by atoms with Gasteiger partial charge in [-0.05, 0) is 31.6 Å². The van der Waals surface area contributed by atoms with Crippen molar-refractivity contribution < 1.29 is 5.11 Å². The van der Waals surface area contributed by atoms with Crippen molar-refractivity contribution in [1.82, 2.24) is 15.0 Å². The molecule has 0 unspecified atom stereocenters. The second kappa shape index (κ2) is 3.73. The lowest BCUT2D eigenvalue weighted by atomic mass is 10.0. The van der Waals surface area contributed by atoms with E-state index in [0.29, 0.717) is 17.9 Å². The van der Waals surface area contributed by atoms with Crippen molar-refractivity contribution in [2.24, 2.45) is 0 Å². The number of aliphatic hydroxyl groups is 1. The number of benzene rings is 1. The number of rotatable bonds is 1. The molecule has 0 radical (unpaired) electrons.